The molecular formula is C13H21N3O2. The second-order valence-corrected chi connectivity index (χ2v) is 5.11. The maximum absolute atomic E-state index is 10.9. The number of aromatic nitrogens is 2. The maximum Gasteiger partial charge on any atom is 0.304 e. The van der Waals surface area contributed by atoms with Crippen LogP contribution in [0.5, 0.6) is 0 Å². The Kier molecular flexibility index (Phi) is 4.01. The normalized spacial score (nSPS) is 22.9. The Morgan fingerprint density at radius 2 is 2.39 bits per heavy atom. The van der Waals surface area contributed by atoms with E-state index >= 15 is 0 Å². The van der Waals surface area contributed by atoms with Crippen LogP contribution in [0, 0.1) is 0 Å². The number of aryl methyl sites for hydroxylation is 1. The molecule has 0 aromatic carbocycles. The third-order valence-electron chi connectivity index (χ3n) is 3.79. The molecule has 0 spiro atoms. The second-order valence-electron chi connectivity index (χ2n) is 5.11. The van der Waals surface area contributed by atoms with Gasteiger partial charge in [0.2, 0.25) is 0 Å². The van der Waals surface area contributed by atoms with Gasteiger partial charge in [-0.25, -0.2) is 0 Å². The molecule has 2 atom stereocenters. The zero-order valence-electron chi connectivity index (χ0n) is 11.0. The van der Waals surface area contributed by atoms with E-state index in [0.717, 1.165) is 31.4 Å². The van der Waals surface area contributed by atoms with Crippen LogP contribution in [-0.2, 0) is 11.8 Å². The summed E-state index contributed by atoms with van der Waals surface area (Å²) in [5.74, 6) is -0.703. The van der Waals surface area contributed by atoms with Crippen molar-refractivity contribution in [2.75, 3.05) is 6.54 Å². The zero-order chi connectivity index (χ0) is 13.1. The van der Waals surface area contributed by atoms with E-state index in [9.17, 15) is 4.79 Å². The van der Waals surface area contributed by atoms with Gasteiger partial charge < -0.3 is 5.11 Å². The molecular weight excluding hydrogens is 230 g/mol. The number of hydrogen-bond donors (Lipinski definition) is 1. The molecule has 1 saturated heterocycles. The molecule has 0 aliphatic carbocycles. The highest BCUT2D eigenvalue weighted by atomic mass is 16.4. The van der Waals surface area contributed by atoms with Crippen molar-refractivity contribution in [1.29, 1.82) is 0 Å². The molecule has 2 heterocycles. The van der Waals surface area contributed by atoms with E-state index in [-0.39, 0.29) is 18.5 Å². The first-order valence-corrected chi connectivity index (χ1v) is 6.54. The molecule has 18 heavy (non-hydrogen) atoms. The fourth-order valence-corrected chi connectivity index (χ4v) is 2.80. The summed E-state index contributed by atoms with van der Waals surface area (Å²) in [6.45, 7) is 3.12. The maximum atomic E-state index is 10.9. The monoisotopic (exact) mass is 251 g/mol. The predicted octanol–water partition coefficient (Wildman–Crippen LogP) is 1.81. The molecule has 0 saturated carbocycles. The molecule has 0 bridgehead atoms. The minimum atomic E-state index is -0.703. The van der Waals surface area contributed by atoms with Crippen molar-refractivity contribution in [2.24, 2.45) is 7.05 Å². The molecule has 1 aromatic rings. The number of carbonyl (C=O) groups is 1. The van der Waals surface area contributed by atoms with Crippen LogP contribution in [-0.4, -0.2) is 38.3 Å². The summed E-state index contributed by atoms with van der Waals surface area (Å²) in [7, 11) is 1.90. The molecule has 5 heteroatoms. The van der Waals surface area contributed by atoms with Gasteiger partial charge in [-0.15, -0.1) is 0 Å². The fraction of sp³-hybridized carbons (Fsp3) is 0.692. The van der Waals surface area contributed by atoms with E-state index in [0.29, 0.717) is 0 Å². The van der Waals surface area contributed by atoms with Gasteiger partial charge in [0, 0.05) is 30.9 Å². The topological polar surface area (TPSA) is 58.4 Å². The third-order valence-corrected chi connectivity index (χ3v) is 3.79. The molecule has 100 valence electrons. The quantitative estimate of drug-likeness (QED) is 0.886. The second kappa shape index (κ2) is 5.52. The van der Waals surface area contributed by atoms with Crippen LogP contribution < -0.4 is 0 Å². The van der Waals surface area contributed by atoms with Crippen LogP contribution in [0.25, 0.3) is 0 Å². The summed E-state index contributed by atoms with van der Waals surface area (Å²) in [5.41, 5.74) is 1.16. The van der Waals surface area contributed by atoms with Gasteiger partial charge in [-0.2, -0.15) is 5.10 Å². The first-order chi connectivity index (χ1) is 8.58. The number of piperidine rings is 1. The van der Waals surface area contributed by atoms with Gasteiger partial charge in [0.15, 0.2) is 0 Å². The average molecular weight is 251 g/mol. The van der Waals surface area contributed by atoms with Gasteiger partial charge in [0.25, 0.3) is 0 Å². The molecule has 2 unspecified atom stereocenters. The number of hydrogen-bond acceptors (Lipinski definition) is 3. The van der Waals surface area contributed by atoms with Crippen LogP contribution in [0.2, 0.25) is 0 Å². The van der Waals surface area contributed by atoms with Gasteiger partial charge >= 0.3 is 5.97 Å². The van der Waals surface area contributed by atoms with E-state index < -0.39 is 5.97 Å². The number of likely N-dealkylation sites (tertiary alicyclic amines) is 1. The summed E-state index contributed by atoms with van der Waals surface area (Å²) in [6.07, 6.45) is 7.39. The number of nitrogens with zero attached hydrogens (tertiary/aromatic N) is 3. The predicted molar refractivity (Wildman–Crippen MR) is 68.2 cm³/mol. The lowest BCUT2D eigenvalue weighted by Gasteiger charge is -2.39. The Balaban J connectivity index is 2.10. The first-order valence-electron chi connectivity index (χ1n) is 6.54. The average Bonchev–Trinajstić information content (AvgIpc) is 2.75. The Morgan fingerprint density at radius 1 is 1.61 bits per heavy atom. The van der Waals surface area contributed by atoms with Crippen LogP contribution >= 0.6 is 0 Å². The summed E-state index contributed by atoms with van der Waals surface area (Å²) < 4.78 is 1.79. The minimum absolute atomic E-state index is 0.159. The minimum Gasteiger partial charge on any atom is -0.481 e. The van der Waals surface area contributed by atoms with Crippen LogP contribution in [0.3, 0.4) is 0 Å². The van der Waals surface area contributed by atoms with Crippen LogP contribution in [0.4, 0.5) is 0 Å². The smallest absolute Gasteiger partial charge is 0.304 e. The molecule has 1 aliphatic heterocycles. The highest BCUT2D eigenvalue weighted by molar-refractivity contribution is 5.67. The van der Waals surface area contributed by atoms with Crippen molar-refractivity contribution < 1.29 is 9.90 Å². The summed E-state index contributed by atoms with van der Waals surface area (Å²) in [6, 6.07) is 0.398. The molecule has 5 nitrogen and oxygen atoms in total. The van der Waals surface area contributed by atoms with E-state index in [1.165, 1.54) is 0 Å². The lowest BCUT2D eigenvalue weighted by atomic mass is 9.96. The molecule has 2 rings (SSSR count). The fourth-order valence-electron chi connectivity index (χ4n) is 2.80. The van der Waals surface area contributed by atoms with E-state index in [1.807, 2.05) is 19.4 Å². The van der Waals surface area contributed by atoms with Crippen LogP contribution in [0.1, 0.15) is 44.2 Å². The summed E-state index contributed by atoms with van der Waals surface area (Å²) in [5, 5.41) is 13.2. The Morgan fingerprint density at radius 3 is 3.00 bits per heavy atom. The van der Waals surface area contributed by atoms with Gasteiger partial charge in [-0.1, -0.05) is 6.42 Å². The van der Waals surface area contributed by atoms with Crippen molar-refractivity contribution in [3.05, 3.63) is 18.0 Å². The largest absolute Gasteiger partial charge is 0.481 e. The van der Waals surface area contributed by atoms with Gasteiger partial charge in [-0.05, 0) is 26.3 Å². The zero-order valence-corrected chi connectivity index (χ0v) is 11.0. The highest BCUT2D eigenvalue weighted by Crippen LogP contribution is 2.29. The number of carboxylic acid groups (broad SMARTS) is 1. The van der Waals surface area contributed by atoms with Crippen molar-refractivity contribution in [2.45, 2.75) is 44.7 Å². The number of carboxylic acids is 1. The van der Waals surface area contributed by atoms with E-state index in [4.69, 9.17) is 5.11 Å². The molecule has 1 fully saturated rings. The summed E-state index contributed by atoms with van der Waals surface area (Å²) >= 11 is 0. The SMILES string of the molecule is CC(c1cnn(C)c1)N1CCCCC1CC(=O)O. The van der Waals surface area contributed by atoms with Crippen molar-refractivity contribution in [1.82, 2.24) is 14.7 Å². The molecule has 1 aromatic heterocycles. The number of rotatable bonds is 4. The van der Waals surface area contributed by atoms with E-state index in [2.05, 4.69) is 16.9 Å². The Hall–Kier alpha value is -1.36. The first kappa shape index (κ1) is 13.1. The van der Waals surface area contributed by atoms with Crippen molar-refractivity contribution >= 4 is 5.97 Å². The Labute approximate surface area is 107 Å². The van der Waals surface area contributed by atoms with Crippen LogP contribution in [0.15, 0.2) is 12.4 Å². The molecule has 0 radical (unpaired) electrons. The Bertz CT molecular complexity index is 416. The molecule has 0 amide bonds. The van der Waals surface area contributed by atoms with Gasteiger partial charge in [-0.3, -0.25) is 14.4 Å². The molecule has 1 aliphatic rings. The van der Waals surface area contributed by atoms with Crippen molar-refractivity contribution in [3.8, 4) is 0 Å². The standard InChI is InChI=1S/C13H21N3O2/c1-10(11-8-14-15(2)9-11)16-6-4-3-5-12(16)7-13(17)18/h8-10,12H,3-7H2,1-2H3,(H,17,18). The molecule has 1 N–H and O–H groups in total. The highest BCUT2D eigenvalue weighted by Gasteiger charge is 2.29. The lowest BCUT2D eigenvalue weighted by molar-refractivity contribution is -0.139. The number of aliphatic carboxylic acids is 1. The van der Waals surface area contributed by atoms with E-state index in [1.54, 1.807) is 4.68 Å². The van der Waals surface area contributed by atoms with Crippen molar-refractivity contribution in [3.63, 3.8) is 0 Å². The third kappa shape index (κ3) is 2.90. The van der Waals surface area contributed by atoms with Gasteiger partial charge in [0.1, 0.15) is 0 Å². The lowest BCUT2D eigenvalue weighted by Crippen LogP contribution is -2.42. The summed E-state index contributed by atoms with van der Waals surface area (Å²) in [4.78, 5) is 13.2. The van der Waals surface area contributed by atoms with Gasteiger partial charge in [0.05, 0.1) is 12.6 Å².